The molecule has 1 aromatic carbocycles. The van der Waals surface area contributed by atoms with E-state index >= 15 is 0 Å². The number of amides is 1. The Kier molecular flexibility index (Phi) is 3.65. The van der Waals surface area contributed by atoms with Crippen molar-refractivity contribution in [2.75, 3.05) is 6.61 Å². The lowest BCUT2D eigenvalue weighted by Crippen LogP contribution is -2.45. The molecule has 0 aromatic heterocycles. The lowest BCUT2D eigenvalue weighted by atomic mass is 10.00. The van der Waals surface area contributed by atoms with Gasteiger partial charge >= 0.3 is 5.97 Å². The highest BCUT2D eigenvalue weighted by Gasteiger charge is 2.43. The van der Waals surface area contributed by atoms with Crippen molar-refractivity contribution in [1.82, 2.24) is 5.06 Å². The van der Waals surface area contributed by atoms with Gasteiger partial charge in [0.15, 0.2) is 0 Å². The van der Waals surface area contributed by atoms with Gasteiger partial charge in [0.2, 0.25) is 0 Å². The highest BCUT2D eigenvalue weighted by Crippen LogP contribution is 2.39. The Morgan fingerprint density at radius 3 is 3.00 bits per heavy atom. The number of aryl methyl sites for hydroxylation is 1. The molecule has 21 heavy (non-hydrogen) atoms. The second-order valence-corrected chi connectivity index (χ2v) is 5.52. The Bertz CT molecular complexity index is 585. The van der Waals surface area contributed by atoms with E-state index in [1.54, 1.807) is 0 Å². The van der Waals surface area contributed by atoms with Crippen LogP contribution in [0.15, 0.2) is 18.2 Å². The van der Waals surface area contributed by atoms with E-state index in [4.69, 9.17) is 9.84 Å². The molecule has 1 amide bonds. The van der Waals surface area contributed by atoms with Crippen molar-refractivity contribution in [2.24, 2.45) is 0 Å². The zero-order valence-electron chi connectivity index (χ0n) is 11.5. The first-order valence-corrected chi connectivity index (χ1v) is 7.02. The van der Waals surface area contributed by atoms with Gasteiger partial charge in [-0.05, 0) is 29.5 Å². The summed E-state index contributed by atoms with van der Waals surface area (Å²) in [5.74, 6) is -1.23. The molecule has 0 spiro atoms. The van der Waals surface area contributed by atoms with Gasteiger partial charge in [-0.25, -0.2) is 5.06 Å². The molecule has 112 valence electrons. The van der Waals surface area contributed by atoms with Crippen LogP contribution in [0.2, 0.25) is 0 Å². The second kappa shape index (κ2) is 5.46. The third kappa shape index (κ3) is 2.64. The summed E-state index contributed by atoms with van der Waals surface area (Å²) < 4.78 is 5.49. The number of benzene rings is 1. The Balaban J connectivity index is 1.79. The van der Waals surface area contributed by atoms with Crippen LogP contribution in [-0.4, -0.2) is 40.0 Å². The summed E-state index contributed by atoms with van der Waals surface area (Å²) in [6.07, 6.45) is 1.85. The monoisotopic (exact) mass is 291 g/mol. The van der Waals surface area contributed by atoms with Crippen molar-refractivity contribution in [3.63, 3.8) is 0 Å². The molecule has 2 N–H and O–H groups in total. The number of fused-ring (bicyclic) bond motifs is 3. The van der Waals surface area contributed by atoms with E-state index in [1.165, 1.54) is 0 Å². The highest BCUT2D eigenvalue weighted by molar-refractivity contribution is 5.78. The third-order valence-electron chi connectivity index (χ3n) is 4.10. The number of hydroxylamine groups is 2. The quantitative estimate of drug-likeness (QED) is 0.817. The minimum absolute atomic E-state index is 0.0862. The number of morpholine rings is 1. The molecular formula is C15H17NO5. The summed E-state index contributed by atoms with van der Waals surface area (Å²) in [4.78, 5) is 22.1. The third-order valence-corrected chi connectivity index (χ3v) is 4.10. The molecule has 3 rings (SSSR count). The molecule has 0 bridgehead atoms. The Morgan fingerprint density at radius 2 is 2.24 bits per heavy atom. The fourth-order valence-corrected chi connectivity index (χ4v) is 3.07. The van der Waals surface area contributed by atoms with Gasteiger partial charge in [0.05, 0.1) is 6.10 Å². The number of carbonyl (C=O) groups is 2. The van der Waals surface area contributed by atoms with Crippen LogP contribution < -0.4 is 0 Å². The Hall–Kier alpha value is -1.92. The maximum Gasteiger partial charge on any atom is 0.303 e. The van der Waals surface area contributed by atoms with E-state index < -0.39 is 17.9 Å². The zero-order chi connectivity index (χ0) is 15.0. The van der Waals surface area contributed by atoms with Gasteiger partial charge in [0.1, 0.15) is 12.6 Å². The lowest BCUT2D eigenvalue weighted by molar-refractivity contribution is -0.212. The Morgan fingerprint density at radius 1 is 1.43 bits per heavy atom. The van der Waals surface area contributed by atoms with E-state index in [0.717, 1.165) is 21.8 Å². The zero-order valence-corrected chi connectivity index (χ0v) is 11.5. The Labute approximate surface area is 121 Å². The van der Waals surface area contributed by atoms with Gasteiger partial charge < -0.3 is 9.84 Å². The van der Waals surface area contributed by atoms with Gasteiger partial charge in [-0.3, -0.25) is 14.8 Å². The average Bonchev–Trinajstić information content (AvgIpc) is 2.81. The largest absolute Gasteiger partial charge is 0.481 e. The van der Waals surface area contributed by atoms with E-state index in [0.29, 0.717) is 19.3 Å². The molecule has 1 saturated heterocycles. The maximum atomic E-state index is 11.6. The van der Waals surface area contributed by atoms with Crippen molar-refractivity contribution in [1.29, 1.82) is 0 Å². The molecule has 1 heterocycles. The molecule has 0 radical (unpaired) electrons. The number of nitrogens with zero attached hydrogens (tertiary/aromatic N) is 1. The SMILES string of the molecule is O=C(O)CCCc1ccc2c(c1)[C@@H]1[C@H](C2)OCC(=O)N1O. The summed E-state index contributed by atoms with van der Waals surface area (Å²) in [5, 5.41) is 19.4. The number of hydrogen-bond donors (Lipinski definition) is 2. The molecular weight excluding hydrogens is 274 g/mol. The van der Waals surface area contributed by atoms with Gasteiger partial charge in [-0.1, -0.05) is 18.2 Å². The molecule has 6 nitrogen and oxygen atoms in total. The first-order chi connectivity index (χ1) is 10.1. The van der Waals surface area contributed by atoms with Crippen molar-refractivity contribution >= 4 is 11.9 Å². The highest BCUT2D eigenvalue weighted by atomic mass is 16.6. The van der Waals surface area contributed by atoms with Gasteiger partial charge in [0.25, 0.3) is 5.91 Å². The number of aliphatic carboxylic acids is 1. The van der Waals surface area contributed by atoms with E-state index in [1.807, 2.05) is 18.2 Å². The van der Waals surface area contributed by atoms with E-state index in [9.17, 15) is 14.8 Å². The van der Waals surface area contributed by atoms with Crippen LogP contribution in [0, 0.1) is 0 Å². The van der Waals surface area contributed by atoms with Crippen molar-refractivity contribution < 1.29 is 24.6 Å². The standard InChI is InChI=1S/C15H17NO5/c17-13-8-21-12-7-10-5-4-9(2-1-3-14(18)19)6-11(10)15(12)16(13)20/h4-6,12,15,20H,1-3,7-8H2,(H,18,19)/t12-,15+/m0/s1. The van der Waals surface area contributed by atoms with Gasteiger partial charge in [0, 0.05) is 12.8 Å². The average molecular weight is 291 g/mol. The van der Waals surface area contributed by atoms with Crippen LogP contribution in [0.25, 0.3) is 0 Å². The summed E-state index contributed by atoms with van der Waals surface area (Å²) >= 11 is 0. The minimum Gasteiger partial charge on any atom is -0.481 e. The fraction of sp³-hybridized carbons (Fsp3) is 0.467. The summed E-state index contributed by atoms with van der Waals surface area (Å²) in [5.41, 5.74) is 2.99. The molecule has 0 saturated carbocycles. The first kappa shape index (κ1) is 14.0. The normalized spacial score (nSPS) is 23.9. The number of hydrogen-bond acceptors (Lipinski definition) is 4. The topological polar surface area (TPSA) is 87.1 Å². The predicted molar refractivity (Wildman–Crippen MR) is 71.8 cm³/mol. The lowest BCUT2D eigenvalue weighted by Gasteiger charge is -2.33. The van der Waals surface area contributed by atoms with Crippen LogP contribution >= 0.6 is 0 Å². The molecule has 1 aliphatic carbocycles. The van der Waals surface area contributed by atoms with E-state index in [-0.39, 0.29) is 19.1 Å². The van der Waals surface area contributed by atoms with E-state index in [2.05, 4.69) is 0 Å². The number of carboxylic acids is 1. The second-order valence-electron chi connectivity index (χ2n) is 5.52. The summed E-state index contributed by atoms with van der Waals surface area (Å²) in [6.45, 7) is -0.0862. The first-order valence-electron chi connectivity index (χ1n) is 7.02. The number of carbonyl (C=O) groups excluding carboxylic acids is 1. The van der Waals surface area contributed by atoms with Crippen LogP contribution in [0.1, 0.15) is 35.6 Å². The number of ether oxygens (including phenoxy) is 1. The fourth-order valence-electron chi connectivity index (χ4n) is 3.07. The summed E-state index contributed by atoms with van der Waals surface area (Å²) in [7, 11) is 0. The number of carboxylic acid groups (broad SMARTS) is 1. The molecule has 0 unspecified atom stereocenters. The predicted octanol–water partition coefficient (Wildman–Crippen LogP) is 1.31. The number of rotatable bonds is 4. The molecule has 1 fully saturated rings. The molecule has 1 aliphatic heterocycles. The van der Waals surface area contributed by atoms with Crippen molar-refractivity contribution in [3.8, 4) is 0 Å². The smallest absolute Gasteiger partial charge is 0.303 e. The van der Waals surface area contributed by atoms with Crippen LogP contribution in [0.5, 0.6) is 0 Å². The maximum absolute atomic E-state index is 11.6. The van der Waals surface area contributed by atoms with Crippen LogP contribution in [0.3, 0.4) is 0 Å². The van der Waals surface area contributed by atoms with Crippen molar-refractivity contribution in [3.05, 3.63) is 34.9 Å². The molecule has 6 heteroatoms. The van der Waals surface area contributed by atoms with Gasteiger partial charge in [-0.2, -0.15) is 0 Å². The molecule has 2 aliphatic rings. The van der Waals surface area contributed by atoms with Crippen molar-refractivity contribution in [2.45, 2.75) is 37.8 Å². The van der Waals surface area contributed by atoms with Gasteiger partial charge in [-0.15, -0.1) is 0 Å². The minimum atomic E-state index is -0.802. The summed E-state index contributed by atoms with van der Waals surface area (Å²) in [6, 6.07) is 5.46. The van der Waals surface area contributed by atoms with Crippen LogP contribution in [0.4, 0.5) is 0 Å². The molecule has 2 atom stereocenters. The molecule has 1 aromatic rings. The van der Waals surface area contributed by atoms with Crippen LogP contribution in [-0.2, 0) is 27.2 Å².